The smallest absolute Gasteiger partial charge is 0.462 e. The van der Waals surface area contributed by atoms with Crippen molar-refractivity contribution < 1.29 is 80.2 Å². The molecule has 0 spiro atoms. The molecule has 0 aromatic rings. The fourth-order valence-electron chi connectivity index (χ4n) is 13.9. The summed E-state index contributed by atoms with van der Waals surface area (Å²) in [4.78, 5) is 73.3. The van der Waals surface area contributed by atoms with Crippen LogP contribution in [0, 0.1) is 11.8 Å². The molecule has 108 heavy (non-hydrogen) atoms. The van der Waals surface area contributed by atoms with E-state index in [4.69, 9.17) is 37.0 Å². The lowest BCUT2D eigenvalue weighted by Gasteiger charge is -2.21. The van der Waals surface area contributed by atoms with Crippen LogP contribution in [0.2, 0.25) is 0 Å². The maximum Gasteiger partial charge on any atom is 0.472 e. The molecule has 0 amide bonds. The van der Waals surface area contributed by atoms with E-state index in [-0.39, 0.29) is 25.7 Å². The van der Waals surface area contributed by atoms with Gasteiger partial charge >= 0.3 is 39.5 Å². The summed E-state index contributed by atoms with van der Waals surface area (Å²) in [6.45, 7) is 9.72. The number of esters is 4. The number of aliphatic hydroxyl groups excluding tert-OH is 1. The van der Waals surface area contributed by atoms with Crippen molar-refractivity contribution in [3.63, 3.8) is 0 Å². The minimum atomic E-state index is -4.97. The van der Waals surface area contributed by atoms with E-state index in [2.05, 4.69) is 41.5 Å². The van der Waals surface area contributed by atoms with E-state index in [1.54, 1.807) is 0 Å². The standard InChI is InChI=1S/C89H174O17P2/c1-7-10-12-14-16-18-20-22-24-25-26-27-28-32-35-39-42-46-53-59-65-71-86(91)99-77-84(105-89(94)74-68-62-56-48-44-40-36-33-30-29-31-34-37-41-45-52-58-64-70-82(6)9-3)79-103-107(95,96)101-75-83(90)76-102-108(97,98)104-80-85(78-100-87(92)72-66-60-54-50-49-51-57-63-69-81(4)5)106-88(93)73-67-61-55-47-43-38-23-21-19-17-15-13-11-8-2/h81-85,90H,7-80H2,1-6H3,(H,95,96)(H,97,98)/t82?,83-,84-,85-/m1/s1. The Labute approximate surface area is 664 Å². The first-order valence-electron chi connectivity index (χ1n) is 46.0. The van der Waals surface area contributed by atoms with E-state index in [1.807, 2.05) is 0 Å². The summed E-state index contributed by atoms with van der Waals surface area (Å²) in [5, 5.41) is 10.7. The number of hydrogen-bond acceptors (Lipinski definition) is 15. The molecule has 0 aromatic heterocycles. The number of phosphoric ester groups is 2. The highest BCUT2D eigenvalue weighted by Gasteiger charge is 2.31. The van der Waals surface area contributed by atoms with Crippen molar-refractivity contribution in [2.45, 2.75) is 496 Å². The lowest BCUT2D eigenvalue weighted by atomic mass is 9.99. The van der Waals surface area contributed by atoms with E-state index in [0.29, 0.717) is 25.7 Å². The van der Waals surface area contributed by atoms with Crippen molar-refractivity contribution in [3.8, 4) is 0 Å². The van der Waals surface area contributed by atoms with Gasteiger partial charge in [-0.05, 0) is 37.5 Å². The molecule has 3 N–H and O–H groups in total. The average Bonchev–Trinajstić information content (AvgIpc) is 0.899. The minimum Gasteiger partial charge on any atom is -0.462 e. The van der Waals surface area contributed by atoms with Gasteiger partial charge in [0.2, 0.25) is 0 Å². The Morgan fingerprint density at radius 2 is 0.472 bits per heavy atom. The van der Waals surface area contributed by atoms with Crippen LogP contribution in [0.4, 0.5) is 0 Å². The molecule has 0 aliphatic heterocycles. The third-order valence-electron chi connectivity index (χ3n) is 21.3. The van der Waals surface area contributed by atoms with Crippen LogP contribution in [0.1, 0.15) is 478 Å². The molecule has 6 atom stereocenters. The van der Waals surface area contributed by atoms with Gasteiger partial charge in [0.25, 0.3) is 0 Å². The third kappa shape index (κ3) is 80.7. The number of hydrogen-bond donors (Lipinski definition) is 3. The maximum atomic E-state index is 13.2. The van der Waals surface area contributed by atoms with Crippen molar-refractivity contribution >= 4 is 39.5 Å². The normalized spacial score (nSPS) is 14.0. The molecule has 0 saturated carbocycles. The van der Waals surface area contributed by atoms with Crippen molar-refractivity contribution in [2.24, 2.45) is 11.8 Å². The van der Waals surface area contributed by atoms with Gasteiger partial charge in [0.1, 0.15) is 19.3 Å². The topological polar surface area (TPSA) is 237 Å². The molecule has 0 rings (SSSR count). The molecule has 0 aliphatic rings. The van der Waals surface area contributed by atoms with Crippen LogP contribution >= 0.6 is 15.6 Å². The Hall–Kier alpha value is -1.94. The van der Waals surface area contributed by atoms with Crippen LogP contribution < -0.4 is 0 Å². The van der Waals surface area contributed by atoms with Gasteiger partial charge in [0, 0.05) is 25.7 Å². The summed E-state index contributed by atoms with van der Waals surface area (Å²) in [5.41, 5.74) is 0. The van der Waals surface area contributed by atoms with Crippen molar-refractivity contribution in [1.82, 2.24) is 0 Å². The zero-order chi connectivity index (χ0) is 79.2. The van der Waals surface area contributed by atoms with Crippen molar-refractivity contribution in [1.29, 1.82) is 0 Å². The lowest BCUT2D eigenvalue weighted by molar-refractivity contribution is -0.161. The number of carbonyl (C=O) groups excluding carboxylic acids is 4. The van der Waals surface area contributed by atoms with Crippen molar-refractivity contribution in [2.75, 3.05) is 39.6 Å². The number of aliphatic hydroxyl groups is 1. The Kier molecular flexibility index (Phi) is 78.8. The first-order valence-corrected chi connectivity index (χ1v) is 49.0. The predicted octanol–water partition coefficient (Wildman–Crippen LogP) is 27.4. The Morgan fingerprint density at radius 3 is 0.704 bits per heavy atom. The summed E-state index contributed by atoms with van der Waals surface area (Å²) in [7, 11) is -9.93. The summed E-state index contributed by atoms with van der Waals surface area (Å²) in [6, 6.07) is 0. The number of carbonyl (C=O) groups is 4. The van der Waals surface area contributed by atoms with Crippen LogP contribution in [0.5, 0.6) is 0 Å². The number of unbranched alkanes of at least 4 members (excludes halogenated alkanes) is 57. The second-order valence-corrected chi connectivity index (χ2v) is 35.6. The third-order valence-corrected chi connectivity index (χ3v) is 23.2. The average molecular weight is 1580 g/mol. The second kappa shape index (κ2) is 80.3. The van der Waals surface area contributed by atoms with Crippen LogP contribution in [0.25, 0.3) is 0 Å². The summed E-state index contributed by atoms with van der Waals surface area (Å²) < 4.78 is 69.0. The molecule has 0 bridgehead atoms. The largest absolute Gasteiger partial charge is 0.472 e. The van der Waals surface area contributed by atoms with E-state index in [0.717, 1.165) is 102 Å². The van der Waals surface area contributed by atoms with Gasteiger partial charge in [-0.3, -0.25) is 37.3 Å². The highest BCUT2D eigenvalue weighted by molar-refractivity contribution is 7.47. The summed E-state index contributed by atoms with van der Waals surface area (Å²) in [6.07, 6.45) is 73.7. The Balaban J connectivity index is 5.22. The van der Waals surface area contributed by atoms with E-state index in [9.17, 15) is 43.2 Å². The molecular weight excluding hydrogens is 1400 g/mol. The SMILES string of the molecule is CCCCCCCCCCCCCCCCCCCCCCCC(=O)OC[C@H](COP(=O)(O)OC[C@@H](O)COP(=O)(O)OC[C@@H](COC(=O)CCCCCCCCCCC(C)C)OC(=O)CCCCCCCCCCCCCCCC)OC(=O)CCCCCCCCCCCCCCCCCCCCC(C)CC. The molecule has 0 saturated heterocycles. The maximum absolute atomic E-state index is 13.2. The lowest BCUT2D eigenvalue weighted by Crippen LogP contribution is -2.30. The van der Waals surface area contributed by atoms with Gasteiger partial charge in [-0.2, -0.15) is 0 Å². The highest BCUT2D eigenvalue weighted by Crippen LogP contribution is 2.45. The van der Waals surface area contributed by atoms with E-state index < -0.39 is 97.5 Å². The molecule has 0 radical (unpaired) electrons. The quantitative estimate of drug-likeness (QED) is 0.0222. The van der Waals surface area contributed by atoms with E-state index >= 15 is 0 Å². The number of phosphoric acid groups is 2. The first-order chi connectivity index (χ1) is 52.4. The summed E-state index contributed by atoms with van der Waals surface area (Å²) >= 11 is 0. The van der Waals surface area contributed by atoms with Crippen LogP contribution in [-0.4, -0.2) is 96.7 Å². The van der Waals surface area contributed by atoms with Crippen LogP contribution in [-0.2, 0) is 65.4 Å². The van der Waals surface area contributed by atoms with Crippen molar-refractivity contribution in [3.05, 3.63) is 0 Å². The monoisotopic (exact) mass is 1580 g/mol. The molecular formula is C89H174O17P2. The molecule has 17 nitrogen and oxygen atoms in total. The van der Waals surface area contributed by atoms with Gasteiger partial charge in [-0.25, -0.2) is 9.13 Å². The molecule has 0 fully saturated rings. The zero-order valence-corrected chi connectivity index (χ0v) is 73.0. The fourth-order valence-corrected chi connectivity index (χ4v) is 15.5. The molecule has 0 aliphatic carbocycles. The molecule has 0 aromatic carbocycles. The highest BCUT2D eigenvalue weighted by atomic mass is 31.2. The Morgan fingerprint density at radius 1 is 0.269 bits per heavy atom. The van der Waals surface area contributed by atoms with Gasteiger partial charge in [-0.15, -0.1) is 0 Å². The van der Waals surface area contributed by atoms with Crippen LogP contribution in [0.15, 0.2) is 0 Å². The van der Waals surface area contributed by atoms with Gasteiger partial charge in [0.15, 0.2) is 12.2 Å². The molecule has 3 unspecified atom stereocenters. The second-order valence-electron chi connectivity index (χ2n) is 32.7. The Bertz CT molecular complexity index is 2070. The molecule has 0 heterocycles. The van der Waals surface area contributed by atoms with Gasteiger partial charge in [0.05, 0.1) is 26.4 Å². The number of rotatable bonds is 88. The van der Waals surface area contributed by atoms with Gasteiger partial charge in [-0.1, -0.05) is 427 Å². The molecule has 19 heteroatoms. The zero-order valence-electron chi connectivity index (χ0n) is 71.2. The minimum absolute atomic E-state index is 0.108. The first kappa shape index (κ1) is 106. The fraction of sp³-hybridized carbons (Fsp3) is 0.955. The van der Waals surface area contributed by atoms with Crippen LogP contribution in [0.3, 0.4) is 0 Å². The predicted molar refractivity (Wildman–Crippen MR) is 446 cm³/mol. The van der Waals surface area contributed by atoms with Gasteiger partial charge < -0.3 is 33.8 Å². The number of ether oxygens (including phenoxy) is 4. The van der Waals surface area contributed by atoms with E-state index in [1.165, 1.54) is 295 Å². The molecule has 642 valence electrons. The summed E-state index contributed by atoms with van der Waals surface area (Å²) in [5.74, 6) is -0.502.